The zero-order chi connectivity index (χ0) is 87.6. The Labute approximate surface area is 702 Å². The highest BCUT2D eigenvalue weighted by molar-refractivity contribution is 6.47. The van der Waals surface area contributed by atoms with E-state index >= 15 is 0 Å². The van der Waals surface area contributed by atoms with Gasteiger partial charge in [-0.25, -0.2) is 94.1 Å². The molecule has 0 saturated heterocycles. The molecule has 28 nitrogen and oxygen atoms in total. The van der Waals surface area contributed by atoms with Gasteiger partial charge in [0.05, 0.1) is 109 Å². The Bertz CT molecular complexity index is 2920. The van der Waals surface area contributed by atoms with E-state index in [0.29, 0.717) is 0 Å². The van der Waals surface area contributed by atoms with E-state index < -0.39 is 28.5 Å². The average molecular weight is 1610 g/mol. The zero-order valence-corrected chi connectivity index (χ0v) is 74.7. The normalized spacial score (nSPS) is 9.69. The van der Waals surface area contributed by atoms with Crippen LogP contribution in [-0.4, -0.2) is 65.0 Å². The quantitative estimate of drug-likeness (QED) is 0.0297. The van der Waals surface area contributed by atoms with E-state index in [4.69, 9.17) is 61.2 Å². The van der Waals surface area contributed by atoms with Gasteiger partial charge >= 0.3 is 0 Å². The van der Waals surface area contributed by atoms with Crippen molar-refractivity contribution in [1.29, 1.82) is 21.0 Å². The Hall–Kier alpha value is -8.42. The maximum absolute atomic E-state index is 8.98. The second-order valence-corrected chi connectivity index (χ2v) is 28.9. The average Bonchev–Trinajstić information content (AvgIpc) is 1.87. The number of nitriles is 4. The Balaban J connectivity index is -0.000000598. The van der Waals surface area contributed by atoms with E-state index in [2.05, 4.69) is 335 Å². The van der Waals surface area contributed by atoms with Crippen molar-refractivity contribution in [2.75, 3.05) is 0 Å². The Kier molecular flexibility index (Phi) is 81.6. The summed E-state index contributed by atoms with van der Waals surface area (Å²) in [5, 5.41) is 101. The van der Waals surface area contributed by atoms with E-state index in [1.807, 2.05) is 0 Å². The molecule has 648 valence electrons. The van der Waals surface area contributed by atoms with Crippen molar-refractivity contribution in [3.05, 3.63) is 150 Å². The van der Waals surface area contributed by atoms with Crippen LogP contribution in [0, 0.1) is 44.9 Å². The summed E-state index contributed by atoms with van der Waals surface area (Å²) in [6.07, 6.45) is 93.6. The van der Waals surface area contributed by atoms with Crippen molar-refractivity contribution in [3.8, 4) is 23.9 Å². The third-order valence-electron chi connectivity index (χ3n) is 17.2. The third-order valence-corrected chi connectivity index (χ3v) is 17.2. The lowest BCUT2D eigenvalue weighted by atomic mass is 9.97. The fourth-order valence-corrected chi connectivity index (χ4v) is 10.8. The summed E-state index contributed by atoms with van der Waals surface area (Å²) in [6.45, 7) is 27.3. The molecule has 116 heavy (non-hydrogen) atoms. The third kappa shape index (κ3) is 80.8. The van der Waals surface area contributed by atoms with Crippen LogP contribution in [0.1, 0.15) is 261 Å². The molecular weight excluding hydrogens is 1460 g/mol. The lowest BCUT2D eigenvalue weighted by Gasteiger charge is -2.12. The summed E-state index contributed by atoms with van der Waals surface area (Å²) in [4.78, 5) is 0. The van der Waals surface area contributed by atoms with E-state index in [1.54, 1.807) is 0 Å². The van der Waals surface area contributed by atoms with Gasteiger partial charge in [0, 0.05) is 28.5 Å². The predicted molar refractivity (Wildman–Crippen MR) is 443 cm³/mol. The first kappa shape index (κ1) is 114. The van der Waals surface area contributed by atoms with Crippen LogP contribution in [0.25, 0.3) is 0 Å². The van der Waals surface area contributed by atoms with Gasteiger partial charge < -0.3 is 40.2 Å². The van der Waals surface area contributed by atoms with Gasteiger partial charge in [-0.05, 0) is 127 Å². The van der Waals surface area contributed by atoms with Gasteiger partial charge in [-0.3, -0.25) is 0 Å². The number of aryl methyl sites for hydroxylation is 16. The van der Waals surface area contributed by atoms with Gasteiger partial charge in [-0.1, -0.05) is 158 Å². The molecule has 0 aromatic carbocycles. The number of nitrogens with zero attached hydrogens (tertiary/aromatic N) is 20. The minimum absolute atomic E-state index is 0.917. The highest BCUT2D eigenvalue weighted by atomic mass is 16.4. The molecule has 0 spiro atoms. The van der Waals surface area contributed by atoms with E-state index in [1.165, 1.54) is 258 Å². The highest BCUT2D eigenvalue weighted by Crippen LogP contribution is 2.07. The molecule has 0 bridgehead atoms. The molecule has 0 fully saturated rings. The van der Waals surface area contributed by atoms with Crippen molar-refractivity contribution < 1.29 is 76.7 Å². The van der Waals surface area contributed by atoms with Crippen LogP contribution in [-0.2, 0) is 109 Å². The number of aromatic nitrogens is 16. The van der Waals surface area contributed by atoms with E-state index in [9.17, 15) is 0 Å². The zero-order valence-electron chi connectivity index (χ0n) is 74.7. The molecule has 8 rings (SSSR count). The van der Waals surface area contributed by atoms with Crippen LogP contribution in [0.4, 0.5) is 0 Å². The first-order chi connectivity index (χ1) is 55.7. The van der Waals surface area contributed by atoms with Crippen LogP contribution < -0.4 is 76.7 Å². The fraction of sp³-hybridized carbons (Fsp3) is 0.667. The standard InChI is InChI=1S/8C10H19N2.4CBNO2/c8*1-3-4-5-6-7-12-9-8-11(2)10-12;4*3-1-2(4)5/h8*8-10H,3-7H2,1-2H3;;;;/q8*+1;4*-2. The van der Waals surface area contributed by atoms with Gasteiger partial charge in [-0.15, -0.1) is 0 Å². The summed E-state index contributed by atoms with van der Waals surface area (Å²) in [7, 11) is 7.22. The molecule has 0 amide bonds. The summed E-state index contributed by atoms with van der Waals surface area (Å²) in [5.74, 6) is 3.67. The summed E-state index contributed by atoms with van der Waals surface area (Å²) in [6, 6.07) is 0. The number of hydrogen-bond donors (Lipinski definition) is 0. The van der Waals surface area contributed by atoms with Crippen molar-refractivity contribution in [3.63, 3.8) is 0 Å². The minimum atomic E-state index is -2.31. The van der Waals surface area contributed by atoms with Crippen LogP contribution in [0.15, 0.2) is 150 Å². The van der Waals surface area contributed by atoms with E-state index in [-0.39, 0.29) is 0 Å². The SMILES string of the molecule is CCCCCCn1cc[n+](C)c1.CCCCCCn1cc[n+](C)c1.CCCCCCn1cc[n+](C)c1.CCCCCCn1cc[n+](C)c1.CCCCCCn1cc[n+](C)c1.CCCCCCn1cc[n+](C)c1.CCCCCCn1cc[n+](C)c1.CCCCCCn1cc[n+](C)c1.N#CB([O-])[O-].N#CB([O-])[O-].N#CB([O-])[O-].N#CB([O-])[O-]. The molecular formula is C84H152B4N20O8. The van der Waals surface area contributed by atoms with Crippen LogP contribution in [0.5, 0.6) is 0 Å². The molecule has 8 heterocycles. The Morgan fingerprint density at radius 3 is 0.353 bits per heavy atom. The maximum Gasteiger partial charge on any atom is 0.243 e. The summed E-state index contributed by atoms with van der Waals surface area (Å²) < 4.78 is 34.6. The molecule has 0 unspecified atom stereocenters. The minimum Gasteiger partial charge on any atom is -0.881 e. The van der Waals surface area contributed by atoms with Gasteiger partial charge in [0.15, 0.2) is 0 Å². The van der Waals surface area contributed by atoms with Crippen LogP contribution >= 0.6 is 0 Å². The number of unbranched alkanes of at least 4 members (excludes halogenated alkanes) is 24. The smallest absolute Gasteiger partial charge is 0.243 e. The molecule has 0 aliphatic heterocycles. The van der Waals surface area contributed by atoms with Crippen LogP contribution in [0.2, 0.25) is 0 Å². The molecule has 0 saturated carbocycles. The van der Waals surface area contributed by atoms with Crippen molar-refractivity contribution in [2.24, 2.45) is 56.4 Å². The topological polar surface area (TPSA) is 350 Å². The molecule has 0 atom stereocenters. The summed E-state index contributed by atoms with van der Waals surface area (Å²) >= 11 is 0. The van der Waals surface area contributed by atoms with Crippen molar-refractivity contribution in [2.45, 2.75) is 313 Å². The van der Waals surface area contributed by atoms with E-state index in [0.717, 1.165) is 23.9 Å². The lowest BCUT2D eigenvalue weighted by Crippen LogP contribution is -2.43. The molecule has 0 radical (unpaired) electrons. The van der Waals surface area contributed by atoms with Gasteiger partial charge in [0.2, 0.25) is 50.6 Å². The number of hydrogen-bond acceptors (Lipinski definition) is 12. The highest BCUT2D eigenvalue weighted by Gasteiger charge is 2.05. The van der Waals surface area contributed by atoms with Gasteiger partial charge in [0.25, 0.3) is 0 Å². The van der Waals surface area contributed by atoms with Gasteiger partial charge in [-0.2, -0.15) is 0 Å². The Morgan fingerprint density at radius 2 is 0.293 bits per heavy atom. The monoisotopic (exact) mass is 1610 g/mol. The van der Waals surface area contributed by atoms with Crippen LogP contribution in [0.3, 0.4) is 0 Å². The van der Waals surface area contributed by atoms with Crippen molar-refractivity contribution >= 4 is 28.5 Å². The first-order valence-corrected chi connectivity index (χ1v) is 42.6. The predicted octanol–water partition coefficient (Wildman–Crippen LogP) is 4.18. The molecule has 0 aliphatic carbocycles. The second kappa shape index (κ2) is 83.1. The fourth-order valence-electron chi connectivity index (χ4n) is 10.8. The molecule has 0 N–H and O–H groups in total. The Morgan fingerprint density at radius 1 is 0.198 bits per heavy atom. The number of imidazole rings is 8. The maximum atomic E-state index is 8.98. The number of rotatable bonds is 40. The largest absolute Gasteiger partial charge is 0.881 e. The summed E-state index contributed by atoms with van der Waals surface area (Å²) in [5.41, 5.74) is 0. The molecule has 0 aliphatic rings. The van der Waals surface area contributed by atoms with Gasteiger partial charge in [0.1, 0.15) is 99.1 Å². The molecule has 8 aromatic heterocycles. The molecule has 32 heteroatoms. The first-order valence-electron chi connectivity index (χ1n) is 42.6. The second-order valence-electron chi connectivity index (χ2n) is 28.9. The molecule has 8 aromatic rings. The van der Waals surface area contributed by atoms with Crippen molar-refractivity contribution in [1.82, 2.24) is 36.5 Å². The lowest BCUT2D eigenvalue weighted by molar-refractivity contribution is -0.671.